The van der Waals surface area contributed by atoms with Crippen LogP contribution in [0.1, 0.15) is 47.0 Å². The van der Waals surface area contributed by atoms with Gasteiger partial charge in [-0.05, 0) is 42.3 Å². The van der Waals surface area contributed by atoms with Crippen LogP contribution in [0.3, 0.4) is 0 Å². The predicted octanol–water partition coefficient (Wildman–Crippen LogP) is 3.19. The molecule has 28 heavy (non-hydrogen) atoms. The highest BCUT2D eigenvalue weighted by atomic mass is 19.1. The number of hydrogen-bond donors (Lipinski definition) is 2. The van der Waals surface area contributed by atoms with Crippen molar-refractivity contribution in [3.63, 3.8) is 0 Å². The molecule has 0 radical (unpaired) electrons. The lowest BCUT2D eigenvalue weighted by Crippen LogP contribution is -2.53. The van der Waals surface area contributed by atoms with Gasteiger partial charge in [0.15, 0.2) is 6.23 Å². The highest BCUT2D eigenvalue weighted by molar-refractivity contribution is 5.99. The van der Waals surface area contributed by atoms with Crippen molar-refractivity contribution in [2.24, 2.45) is 0 Å². The lowest BCUT2D eigenvalue weighted by molar-refractivity contribution is 0.0661. The maximum absolute atomic E-state index is 13.3. The van der Waals surface area contributed by atoms with Gasteiger partial charge in [0, 0.05) is 55.5 Å². The molecule has 0 spiro atoms. The van der Waals surface area contributed by atoms with Gasteiger partial charge in [-0.15, -0.1) is 0 Å². The largest absolute Gasteiger partial charge is 0.369 e. The van der Waals surface area contributed by atoms with Crippen molar-refractivity contribution in [3.8, 4) is 0 Å². The number of carbonyl (C=O) groups is 1. The number of nitrogens with one attached hydrogen (secondary N) is 2. The van der Waals surface area contributed by atoms with E-state index in [-0.39, 0.29) is 23.7 Å². The number of hydrogen-bond acceptors (Lipinski definition) is 4. The highest BCUT2D eigenvalue weighted by Crippen LogP contribution is 2.37. The van der Waals surface area contributed by atoms with Gasteiger partial charge in [0.1, 0.15) is 5.82 Å². The van der Waals surface area contributed by atoms with Gasteiger partial charge in [-0.3, -0.25) is 4.79 Å². The summed E-state index contributed by atoms with van der Waals surface area (Å²) in [5.41, 5.74) is 3.85. The Morgan fingerprint density at radius 2 is 2.04 bits per heavy atom. The summed E-state index contributed by atoms with van der Waals surface area (Å²) in [5, 5.41) is 6.56. The molecular weight excluding hydrogens is 357 g/mol. The van der Waals surface area contributed by atoms with E-state index in [0.29, 0.717) is 5.56 Å². The van der Waals surface area contributed by atoms with Crippen LogP contribution in [0.4, 0.5) is 10.1 Å². The number of nitrogens with zero attached hydrogens (tertiary/aromatic N) is 1. The molecule has 2 aliphatic heterocycles. The number of carbonyl (C=O) groups excluding carboxylic acids is 1. The van der Waals surface area contributed by atoms with Crippen molar-refractivity contribution < 1.29 is 13.9 Å². The van der Waals surface area contributed by atoms with Gasteiger partial charge in [-0.25, -0.2) is 4.39 Å². The van der Waals surface area contributed by atoms with Crippen LogP contribution in [0.2, 0.25) is 0 Å². The van der Waals surface area contributed by atoms with Crippen molar-refractivity contribution in [1.29, 1.82) is 0 Å². The first-order valence-corrected chi connectivity index (χ1v) is 9.82. The van der Waals surface area contributed by atoms with Crippen molar-refractivity contribution in [2.75, 3.05) is 31.6 Å². The van der Waals surface area contributed by atoms with Gasteiger partial charge in [-0.2, -0.15) is 0 Å². The van der Waals surface area contributed by atoms with Crippen LogP contribution in [-0.2, 0) is 4.74 Å². The predicted molar refractivity (Wildman–Crippen MR) is 107 cm³/mol. The van der Waals surface area contributed by atoms with Crippen molar-refractivity contribution in [3.05, 3.63) is 65.0 Å². The number of piperazine rings is 1. The van der Waals surface area contributed by atoms with E-state index in [4.69, 9.17) is 4.74 Å². The Morgan fingerprint density at radius 1 is 1.25 bits per heavy atom. The maximum atomic E-state index is 13.3. The van der Waals surface area contributed by atoms with Crippen molar-refractivity contribution in [1.82, 2.24) is 10.6 Å². The summed E-state index contributed by atoms with van der Waals surface area (Å²) in [5.74, 6) is -0.0591. The molecule has 148 valence electrons. The average molecular weight is 383 g/mol. The molecule has 2 aromatic carbocycles. The van der Waals surface area contributed by atoms with Gasteiger partial charge >= 0.3 is 0 Å². The fourth-order valence-corrected chi connectivity index (χ4v) is 4.50. The third kappa shape index (κ3) is 3.38. The molecule has 2 aromatic rings. The van der Waals surface area contributed by atoms with Crippen LogP contribution in [0.25, 0.3) is 0 Å². The Kier molecular flexibility index (Phi) is 5.33. The van der Waals surface area contributed by atoms with E-state index in [9.17, 15) is 9.18 Å². The Morgan fingerprint density at radius 3 is 2.75 bits per heavy atom. The highest BCUT2D eigenvalue weighted by Gasteiger charge is 2.35. The lowest BCUT2D eigenvalue weighted by Gasteiger charge is -2.39. The zero-order chi connectivity index (χ0) is 19.7. The van der Waals surface area contributed by atoms with Gasteiger partial charge in [0.25, 0.3) is 5.91 Å². The molecule has 6 heteroatoms. The zero-order valence-electron chi connectivity index (χ0n) is 16.2. The van der Waals surface area contributed by atoms with E-state index in [0.717, 1.165) is 42.9 Å². The van der Waals surface area contributed by atoms with E-state index in [1.165, 1.54) is 12.1 Å². The number of halogens is 1. The molecule has 1 amide bonds. The standard InChI is InChI=1S/C22H26FN3O2/c1-3-16(17-5-4-6-18-20(17)22(28-2)25-21(18)27)19-13-26(12-11-24-19)15-9-7-14(23)8-10-15/h4-10,16,19,22,24H,3,11-13H2,1-2H3,(H,25,27). The number of benzene rings is 2. The van der Waals surface area contributed by atoms with Crippen LogP contribution in [0.5, 0.6) is 0 Å². The van der Waals surface area contributed by atoms with Crippen LogP contribution >= 0.6 is 0 Å². The van der Waals surface area contributed by atoms with E-state index >= 15 is 0 Å². The minimum atomic E-state index is -0.399. The van der Waals surface area contributed by atoms with Gasteiger partial charge < -0.3 is 20.3 Å². The molecular formula is C22H26FN3O2. The molecule has 2 N–H and O–H groups in total. The number of fused-ring (bicyclic) bond motifs is 1. The molecule has 2 aliphatic rings. The van der Waals surface area contributed by atoms with E-state index in [2.05, 4.69) is 28.5 Å². The average Bonchev–Trinajstić information content (AvgIpc) is 3.06. The Labute approximate surface area is 164 Å². The molecule has 1 saturated heterocycles. The molecule has 3 atom stereocenters. The Hall–Kier alpha value is -2.44. The van der Waals surface area contributed by atoms with Crippen LogP contribution < -0.4 is 15.5 Å². The molecule has 1 fully saturated rings. The monoisotopic (exact) mass is 383 g/mol. The number of rotatable bonds is 5. The molecule has 0 bridgehead atoms. The first kappa shape index (κ1) is 18.9. The summed E-state index contributed by atoms with van der Waals surface area (Å²) in [6, 6.07) is 12.8. The molecule has 0 aromatic heterocycles. The SMILES string of the molecule is CCC(c1cccc2c1C(OC)NC2=O)C1CN(c2ccc(F)cc2)CCN1. The molecule has 0 saturated carbocycles. The summed E-state index contributed by atoms with van der Waals surface area (Å²) in [7, 11) is 1.62. The first-order chi connectivity index (χ1) is 13.6. The van der Waals surface area contributed by atoms with Crippen LogP contribution in [0.15, 0.2) is 42.5 Å². The third-order valence-corrected chi connectivity index (χ3v) is 5.87. The second-order valence-corrected chi connectivity index (χ2v) is 7.40. The Balaban J connectivity index is 1.63. The smallest absolute Gasteiger partial charge is 0.253 e. The molecule has 5 nitrogen and oxygen atoms in total. The minimum absolute atomic E-state index is 0.0805. The summed E-state index contributed by atoms with van der Waals surface area (Å²) in [6.07, 6.45) is 0.542. The van der Waals surface area contributed by atoms with Gasteiger partial charge in [-0.1, -0.05) is 19.1 Å². The van der Waals surface area contributed by atoms with Crippen LogP contribution in [0, 0.1) is 5.82 Å². The van der Waals surface area contributed by atoms with E-state index in [1.54, 1.807) is 7.11 Å². The first-order valence-electron chi connectivity index (χ1n) is 9.82. The number of ether oxygens (including phenoxy) is 1. The zero-order valence-corrected chi connectivity index (χ0v) is 16.2. The normalized spacial score (nSPS) is 22.7. The number of methoxy groups -OCH3 is 1. The second kappa shape index (κ2) is 7.89. The van der Waals surface area contributed by atoms with Gasteiger partial charge in [0.05, 0.1) is 0 Å². The van der Waals surface area contributed by atoms with Crippen molar-refractivity contribution in [2.45, 2.75) is 31.5 Å². The minimum Gasteiger partial charge on any atom is -0.369 e. The topological polar surface area (TPSA) is 53.6 Å². The molecule has 3 unspecified atom stereocenters. The fraction of sp³-hybridized carbons (Fsp3) is 0.409. The van der Waals surface area contributed by atoms with Crippen LogP contribution in [-0.4, -0.2) is 38.7 Å². The quantitative estimate of drug-likeness (QED) is 0.833. The molecule has 0 aliphatic carbocycles. The van der Waals surface area contributed by atoms with Crippen molar-refractivity contribution >= 4 is 11.6 Å². The summed E-state index contributed by atoms with van der Waals surface area (Å²) < 4.78 is 18.8. The summed E-state index contributed by atoms with van der Waals surface area (Å²) in [6.45, 7) is 4.74. The molecule has 2 heterocycles. The Bertz CT molecular complexity index is 855. The summed E-state index contributed by atoms with van der Waals surface area (Å²) in [4.78, 5) is 14.6. The fourth-order valence-electron chi connectivity index (χ4n) is 4.50. The maximum Gasteiger partial charge on any atom is 0.253 e. The second-order valence-electron chi connectivity index (χ2n) is 7.40. The van der Waals surface area contributed by atoms with Gasteiger partial charge in [0.2, 0.25) is 0 Å². The summed E-state index contributed by atoms with van der Waals surface area (Å²) >= 11 is 0. The third-order valence-electron chi connectivity index (χ3n) is 5.87. The number of anilines is 1. The van der Waals surface area contributed by atoms with E-state index in [1.807, 2.05) is 24.3 Å². The number of amides is 1. The van der Waals surface area contributed by atoms with E-state index < -0.39 is 6.23 Å². The molecule has 4 rings (SSSR count). The lowest BCUT2D eigenvalue weighted by atomic mass is 9.83.